The van der Waals surface area contributed by atoms with Gasteiger partial charge in [0, 0.05) is 18.7 Å². The molecule has 4 nitrogen and oxygen atoms in total. The van der Waals surface area contributed by atoms with Crippen LogP contribution < -0.4 is 10.5 Å². The lowest BCUT2D eigenvalue weighted by Crippen LogP contribution is -2.15. The highest BCUT2D eigenvalue weighted by atomic mass is 16.5. The Labute approximate surface area is 85.0 Å². The number of methoxy groups -OCH3 is 1. The molecule has 80 valence electrons. The highest BCUT2D eigenvalue weighted by Crippen LogP contribution is 2.22. The number of aryl methyl sites for hydroxylation is 2. The van der Waals surface area contributed by atoms with Crippen LogP contribution in [0.25, 0.3) is 0 Å². The fourth-order valence-electron chi connectivity index (χ4n) is 1.60. The summed E-state index contributed by atoms with van der Waals surface area (Å²) in [6, 6.07) is 0.222. The standard InChI is InChI=1S/C10H19N3O/c1-7(11)5-6-9-8(2)12-13(3)10(9)14-4/h7H,5-6,11H2,1-4H3. The van der Waals surface area contributed by atoms with Crippen molar-refractivity contribution in [3.8, 4) is 5.88 Å². The van der Waals surface area contributed by atoms with E-state index in [1.54, 1.807) is 11.8 Å². The number of nitrogens with zero attached hydrogens (tertiary/aromatic N) is 2. The van der Waals surface area contributed by atoms with Gasteiger partial charge in [0.05, 0.1) is 12.8 Å². The Balaban J connectivity index is 2.83. The molecule has 0 aliphatic carbocycles. The van der Waals surface area contributed by atoms with Crippen LogP contribution in [0.4, 0.5) is 0 Å². The summed E-state index contributed by atoms with van der Waals surface area (Å²) < 4.78 is 7.06. The molecule has 0 aliphatic heterocycles. The maximum atomic E-state index is 5.72. The molecule has 0 saturated heterocycles. The average Bonchev–Trinajstić information content (AvgIpc) is 2.36. The zero-order valence-corrected chi connectivity index (χ0v) is 9.37. The molecule has 0 spiro atoms. The predicted octanol–water partition coefficient (Wildman–Crippen LogP) is 1.02. The van der Waals surface area contributed by atoms with Crippen molar-refractivity contribution in [3.63, 3.8) is 0 Å². The first-order chi connectivity index (χ1) is 6.56. The Hall–Kier alpha value is -1.03. The minimum absolute atomic E-state index is 0.222. The monoisotopic (exact) mass is 197 g/mol. The summed E-state index contributed by atoms with van der Waals surface area (Å²) in [5, 5.41) is 4.31. The number of aromatic nitrogens is 2. The van der Waals surface area contributed by atoms with Gasteiger partial charge in [-0.05, 0) is 26.7 Å². The second-order valence-corrected chi connectivity index (χ2v) is 3.71. The number of nitrogens with two attached hydrogens (primary N) is 1. The van der Waals surface area contributed by atoms with E-state index in [0.29, 0.717) is 0 Å². The molecule has 4 heteroatoms. The molecule has 1 atom stereocenters. The van der Waals surface area contributed by atoms with Gasteiger partial charge in [0.25, 0.3) is 0 Å². The molecule has 0 saturated carbocycles. The number of hydrogen-bond acceptors (Lipinski definition) is 3. The SMILES string of the molecule is COc1c(CCC(C)N)c(C)nn1C. The van der Waals surface area contributed by atoms with Crippen molar-refractivity contribution < 1.29 is 4.74 Å². The molecule has 14 heavy (non-hydrogen) atoms. The molecule has 1 aromatic rings. The van der Waals surface area contributed by atoms with E-state index >= 15 is 0 Å². The zero-order valence-electron chi connectivity index (χ0n) is 9.37. The van der Waals surface area contributed by atoms with E-state index in [0.717, 1.165) is 24.4 Å². The van der Waals surface area contributed by atoms with Crippen molar-refractivity contribution in [1.29, 1.82) is 0 Å². The number of ether oxygens (including phenoxy) is 1. The number of hydrogen-bond donors (Lipinski definition) is 1. The molecule has 0 radical (unpaired) electrons. The Kier molecular flexibility index (Phi) is 3.52. The first kappa shape index (κ1) is 11.0. The van der Waals surface area contributed by atoms with Gasteiger partial charge in [-0.1, -0.05) is 0 Å². The lowest BCUT2D eigenvalue weighted by molar-refractivity contribution is 0.368. The van der Waals surface area contributed by atoms with Crippen LogP contribution in [0.15, 0.2) is 0 Å². The van der Waals surface area contributed by atoms with Gasteiger partial charge >= 0.3 is 0 Å². The number of rotatable bonds is 4. The second-order valence-electron chi connectivity index (χ2n) is 3.71. The Morgan fingerprint density at radius 1 is 1.57 bits per heavy atom. The lowest BCUT2D eigenvalue weighted by atomic mass is 10.1. The smallest absolute Gasteiger partial charge is 0.214 e. The summed E-state index contributed by atoms with van der Waals surface area (Å²) in [5.74, 6) is 0.850. The molecular formula is C10H19N3O. The maximum Gasteiger partial charge on any atom is 0.214 e. The lowest BCUT2D eigenvalue weighted by Gasteiger charge is -2.06. The van der Waals surface area contributed by atoms with Crippen LogP contribution in [0, 0.1) is 6.92 Å². The normalized spacial score (nSPS) is 12.9. The molecule has 2 N–H and O–H groups in total. The molecule has 0 aliphatic rings. The first-order valence-corrected chi connectivity index (χ1v) is 4.88. The maximum absolute atomic E-state index is 5.72. The van der Waals surface area contributed by atoms with Gasteiger partial charge < -0.3 is 10.5 Å². The van der Waals surface area contributed by atoms with Crippen molar-refractivity contribution in [3.05, 3.63) is 11.3 Å². The van der Waals surface area contributed by atoms with Crippen LogP contribution in [0.3, 0.4) is 0 Å². The van der Waals surface area contributed by atoms with E-state index in [-0.39, 0.29) is 6.04 Å². The van der Waals surface area contributed by atoms with Crippen LogP contribution >= 0.6 is 0 Å². The zero-order chi connectivity index (χ0) is 10.7. The average molecular weight is 197 g/mol. The van der Waals surface area contributed by atoms with E-state index in [9.17, 15) is 0 Å². The van der Waals surface area contributed by atoms with Crippen molar-refractivity contribution in [2.24, 2.45) is 12.8 Å². The van der Waals surface area contributed by atoms with E-state index in [1.807, 2.05) is 20.9 Å². The van der Waals surface area contributed by atoms with Gasteiger partial charge in [-0.15, -0.1) is 0 Å². The molecule has 1 aromatic heterocycles. The van der Waals surface area contributed by atoms with Crippen LogP contribution in [0.5, 0.6) is 5.88 Å². The summed E-state index contributed by atoms with van der Waals surface area (Å²) in [6.45, 7) is 4.01. The Morgan fingerprint density at radius 2 is 2.21 bits per heavy atom. The summed E-state index contributed by atoms with van der Waals surface area (Å²) in [5.41, 5.74) is 7.93. The largest absolute Gasteiger partial charge is 0.481 e. The van der Waals surface area contributed by atoms with Gasteiger partial charge in [0.15, 0.2) is 0 Å². The molecule has 0 amide bonds. The third-order valence-corrected chi connectivity index (χ3v) is 2.33. The van der Waals surface area contributed by atoms with Gasteiger partial charge in [-0.3, -0.25) is 0 Å². The van der Waals surface area contributed by atoms with Crippen LogP contribution in [0.2, 0.25) is 0 Å². The fraction of sp³-hybridized carbons (Fsp3) is 0.700. The Bertz CT molecular complexity index is 305. The molecule has 1 heterocycles. The van der Waals surface area contributed by atoms with Gasteiger partial charge in [-0.2, -0.15) is 5.10 Å². The molecule has 0 bridgehead atoms. The van der Waals surface area contributed by atoms with Gasteiger partial charge in [0.1, 0.15) is 0 Å². The highest BCUT2D eigenvalue weighted by Gasteiger charge is 2.13. The van der Waals surface area contributed by atoms with Crippen molar-refractivity contribution in [1.82, 2.24) is 9.78 Å². The molecule has 1 rings (SSSR count). The van der Waals surface area contributed by atoms with Crippen LogP contribution in [-0.2, 0) is 13.5 Å². The molecule has 0 fully saturated rings. The molecule has 1 unspecified atom stereocenters. The van der Waals surface area contributed by atoms with Crippen molar-refractivity contribution >= 4 is 0 Å². The topological polar surface area (TPSA) is 53.1 Å². The van der Waals surface area contributed by atoms with Gasteiger partial charge in [-0.25, -0.2) is 4.68 Å². The van der Waals surface area contributed by atoms with Crippen molar-refractivity contribution in [2.45, 2.75) is 32.7 Å². The summed E-state index contributed by atoms with van der Waals surface area (Å²) in [4.78, 5) is 0. The molecule has 0 aromatic carbocycles. The summed E-state index contributed by atoms with van der Waals surface area (Å²) in [6.07, 6.45) is 1.89. The third-order valence-electron chi connectivity index (χ3n) is 2.33. The third kappa shape index (κ3) is 2.26. The minimum atomic E-state index is 0.222. The second kappa shape index (κ2) is 4.46. The fourth-order valence-corrected chi connectivity index (χ4v) is 1.60. The van der Waals surface area contributed by atoms with E-state index in [1.165, 1.54) is 5.56 Å². The van der Waals surface area contributed by atoms with E-state index in [2.05, 4.69) is 5.10 Å². The van der Waals surface area contributed by atoms with Crippen LogP contribution in [-0.4, -0.2) is 22.9 Å². The van der Waals surface area contributed by atoms with Crippen LogP contribution in [0.1, 0.15) is 24.6 Å². The Morgan fingerprint density at radius 3 is 2.71 bits per heavy atom. The van der Waals surface area contributed by atoms with Crippen molar-refractivity contribution in [2.75, 3.05) is 7.11 Å². The summed E-state index contributed by atoms with van der Waals surface area (Å²) in [7, 11) is 3.56. The highest BCUT2D eigenvalue weighted by molar-refractivity contribution is 5.31. The van der Waals surface area contributed by atoms with Gasteiger partial charge in [0.2, 0.25) is 5.88 Å². The summed E-state index contributed by atoms with van der Waals surface area (Å²) >= 11 is 0. The predicted molar refractivity (Wildman–Crippen MR) is 56.5 cm³/mol. The van der Waals surface area contributed by atoms with E-state index < -0.39 is 0 Å². The minimum Gasteiger partial charge on any atom is -0.481 e. The first-order valence-electron chi connectivity index (χ1n) is 4.88. The van der Waals surface area contributed by atoms with E-state index in [4.69, 9.17) is 10.5 Å². The quantitative estimate of drug-likeness (QED) is 0.784. The molecular weight excluding hydrogens is 178 g/mol.